The van der Waals surface area contributed by atoms with Crippen molar-refractivity contribution in [2.24, 2.45) is 11.1 Å². The summed E-state index contributed by atoms with van der Waals surface area (Å²) in [6.07, 6.45) is 3.54. The second-order valence-corrected chi connectivity index (χ2v) is 7.57. The maximum atomic E-state index is 6.19. The van der Waals surface area contributed by atoms with Crippen molar-refractivity contribution in [3.8, 4) is 0 Å². The molecule has 5 heteroatoms. The molecule has 2 unspecified atom stereocenters. The molecule has 0 bridgehead atoms. The van der Waals surface area contributed by atoms with Crippen LogP contribution in [0, 0.1) is 12.3 Å². The molecule has 0 amide bonds. The molecule has 2 atom stereocenters. The highest BCUT2D eigenvalue weighted by atomic mass is 32.2. The van der Waals surface area contributed by atoms with Crippen molar-refractivity contribution >= 4 is 23.3 Å². The van der Waals surface area contributed by atoms with E-state index in [1.807, 2.05) is 18.7 Å². The second kappa shape index (κ2) is 4.63. The summed E-state index contributed by atoms with van der Waals surface area (Å²) >= 11 is 3.31. The molecule has 0 spiro atoms. The molecule has 1 aromatic heterocycles. The Morgan fingerprint density at radius 2 is 2.25 bits per heavy atom. The van der Waals surface area contributed by atoms with Crippen molar-refractivity contribution in [1.29, 1.82) is 0 Å². The zero-order chi connectivity index (χ0) is 11.8. The van der Waals surface area contributed by atoms with E-state index < -0.39 is 0 Å². The third kappa shape index (κ3) is 2.96. The van der Waals surface area contributed by atoms with E-state index in [1.165, 1.54) is 24.4 Å². The molecule has 16 heavy (non-hydrogen) atoms. The lowest BCUT2D eigenvalue weighted by Gasteiger charge is -2.38. The van der Waals surface area contributed by atoms with Crippen molar-refractivity contribution in [2.75, 3.05) is 0 Å². The van der Waals surface area contributed by atoms with Gasteiger partial charge in [-0.1, -0.05) is 25.6 Å². The van der Waals surface area contributed by atoms with Crippen molar-refractivity contribution in [3.05, 3.63) is 5.82 Å². The van der Waals surface area contributed by atoms with E-state index in [4.69, 9.17) is 5.73 Å². The van der Waals surface area contributed by atoms with Crippen molar-refractivity contribution in [3.63, 3.8) is 0 Å². The number of hydrogen-bond donors (Lipinski definition) is 1. The number of aryl methyl sites for hydroxylation is 1. The number of rotatable bonds is 2. The van der Waals surface area contributed by atoms with Gasteiger partial charge in [0.25, 0.3) is 0 Å². The summed E-state index contributed by atoms with van der Waals surface area (Å²) in [7, 11) is 0. The van der Waals surface area contributed by atoms with Crippen LogP contribution in [-0.2, 0) is 0 Å². The molecule has 1 saturated carbocycles. The molecule has 0 radical (unpaired) electrons. The van der Waals surface area contributed by atoms with Crippen LogP contribution in [0.3, 0.4) is 0 Å². The van der Waals surface area contributed by atoms with Crippen LogP contribution in [0.1, 0.15) is 38.9 Å². The summed E-state index contributed by atoms with van der Waals surface area (Å²) in [5.41, 5.74) is 6.61. The first-order chi connectivity index (χ1) is 7.46. The van der Waals surface area contributed by atoms with E-state index in [2.05, 4.69) is 23.2 Å². The Morgan fingerprint density at radius 3 is 2.88 bits per heavy atom. The monoisotopic (exact) mass is 257 g/mol. The largest absolute Gasteiger partial charge is 0.327 e. The molecular weight excluding hydrogens is 238 g/mol. The Morgan fingerprint density at radius 1 is 1.50 bits per heavy atom. The van der Waals surface area contributed by atoms with E-state index in [0.717, 1.165) is 16.6 Å². The SMILES string of the molecule is Cc1nsc(SC2CC(C)(C)CCC2N)n1. The minimum atomic E-state index is 0.308. The van der Waals surface area contributed by atoms with E-state index >= 15 is 0 Å². The van der Waals surface area contributed by atoms with Gasteiger partial charge in [-0.05, 0) is 43.1 Å². The van der Waals surface area contributed by atoms with Gasteiger partial charge in [-0.15, -0.1) is 0 Å². The van der Waals surface area contributed by atoms with Crippen LogP contribution in [0.4, 0.5) is 0 Å². The maximum Gasteiger partial charge on any atom is 0.170 e. The van der Waals surface area contributed by atoms with Crippen molar-refractivity contribution in [2.45, 2.75) is 55.7 Å². The quantitative estimate of drug-likeness (QED) is 0.885. The number of nitrogens with zero attached hydrogens (tertiary/aromatic N) is 2. The molecule has 0 aliphatic heterocycles. The topological polar surface area (TPSA) is 51.8 Å². The fourth-order valence-corrected chi connectivity index (χ4v) is 4.49. The van der Waals surface area contributed by atoms with Crippen LogP contribution < -0.4 is 5.73 Å². The summed E-state index contributed by atoms with van der Waals surface area (Å²) in [6.45, 7) is 6.60. The maximum absolute atomic E-state index is 6.19. The van der Waals surface area contributed by atoms with Gasteiger partial charge >= 0.3 is 0 Å². The zero-order valence-corrected chi connectivity index (χ0v) is 11.7. The molecule has 1 fully saturated rings. The molecule has 90 valence electrons. The minimum absolute atomic E-state index is 0.308. The predicted octanol–water partition coefficient (Wildman–Crippen LogP) is 2.84. The molecule has 1 aliphatic rings. The van der Waals surface area contributed by atoms with Gasteiger partial charge in [0.2, 0.25) is 0 Å². The normalized spacial score (nSPS) is 29.2. The fraction of sp³-hybridized carbons (Fsp3) is 0.818. The minimum Gasteiger partial charge on any atom is -0.327 e. The summed E-state index contributed by atoms with van der Waals surface area (Å²) < 4.78 is 5.28. The molecule has 0 saturated heterocycles. The highest BCUT2D eigenvalue weighted by Gasteiger charge is 2.34. The van der Waals surface area contributed by atoms with Crippen LogP contribution in [0.25, 0.3) is 0 Å². The Bertz CT molecular complexity index is 362. The smallest absolute Gasteiger partial charge is 0.170 e. The van der Waals surface area contributed by atoms with E-state index in [9.17, 15) is 0 Å². The lowest BCUT2D eigenvalue weighted by molar-refractivity contribution is 0.232. The van der Waals surface area contributed by atoms with Gasteiger partial charge in [0, 0.05) is 11.3 Å². The Hall–Kier alpha value is -0.130. The molecule has 3 nitrogen and oxygen atoms in total. The van der Waals surface area contributed by atoms with E-state index in [1.54, 1.807) is 0 Å². The number of nitrogens with two attached hydrogens (primary N) is 1. The van der Waals surface area contributed by atoms with Crippen LogP contribution in [0.5, 0.6) is 0 Å². The molecule has 1 aromatic rings. The molecule has 2 N–H and O–H groups in total. The summed E-state index contributed by atoms with van der Waals surface area (Å²) in [5, 5.41) is 0.496. The van der Waals surface area contributed by atoms with Crippen molar-refractivity contribution < 1.29 is 0 Å². The van der Waals surface area contributed by atoms with Crippen LogP contribution in [0.15, 0.2) is 4.34 Å². The van der Waals surface area contributed by atoms with Gasteiger partial charge in [-0.3, -0.25) is 0 Å². The van der Waals surface area contributed by atoms with Crippen LogP contribution in [0.2, 0.25) is 0 Å². The lowest BCUT2D eigenvalue weighted by atomic mass is 9.75. The van der Waals surface area contributed by atoms with Gasteiger partial charge in [0.05, 0.1) is 0 Å². The molecular formula is C11H19N3S2. The first-order valence-electron chi connectivity index (χ1n) is 5.69. The average molecular weight is 257 g/mol. The van der Waals surface area contributed by atoms with Gasteiger partial charge in [0.15, 0.2) is 4.34 Å². The van der Waals surface area contributed by atoms with Crippen molar-refractivity contribution in [1.82, 2.24) is 9.36 Å². The Kier molecular flexibility index (Phi) is 3.56. The van der Waals surface area contributed by atoms with E-state index in [0.29, 0.717) is 16.7 Å². The summed E-state index contributed by atoms with van der Waals surface area (Å²) in [6, 6.07) is 0.308. The summed E-state index contributed by atoms with van der Waals surface area (Å²) in [4.78, 5) is 4.40. The number of aromatic nitrogens is 2. The highest BCUT2D eigenvalue weighted by molar-refractivity contribution is 8.01. The first kappa shape index (κ1) is 12.3. The number of hydrogen-bond acceptors (Lipinski definition) is 5. The Labute approximate surface area is 105 Å². The number of thioether (sulfide) groups is 1. The highest BCUT2D eigenvalue weighted by Crippen LogP contribution is 2.42. The molecule has 1 aliphatic carbocycles. The van der Waals surface area contributed by atoms with Gasteiger partial charge < -0.3 is 5.73 Å². The van der Waals surface area contributed by atoms with Gasteiger partial charge in [-0.2, -0.15) is 4.37 Å². The second-order valence-electron chi connectivity index (χ2n) is 5.33. The van der Waals surface area contributed by atoms with Gasteiger partial charge in [-0.25, -0.2) is 4.98 Å². The molecule has 0 aromatic carbocycles. The van der Waals surface area contributed by atoms with Gasteiger partial charge in [0.1, 0.15) is 5.82 Å². The fourth-order valence-electron chi connectivity index (χ4n) is 2.13. The average Bonchev–Trinajstić information content (AvgIpc) is 2.58. The van der Waals surface area contributed by atoms with Crippen LogP contribution >= 0.6 is 23.3 Å². The zero-order valence-electron chi connectivity index (χ0n) is 10.1. The first-order valence-corrected chi connectivity index (χ1v) is 7.34. The lowest BCUT2D eigenvalue weighted by Crippen LogP contribution is -2.41. The third-order valence-corrected chi connectivity index (χ3v) is 5.37. The predicted molar refractivity (Wildman–Crippen MR) is 69.9 cm³/mol. The van der Waals surface area contributed by atoms with E-state index in [-0.39, 0.29) is 0 Å². The molecule has 2 rings (SSSR count). The molecule has 1 heterocycles. The standard InChI is InChI=1S/C11H19N3S2/c1-7-13-10(16-14-7)15-9-6-11(2,3)5-4-8(9)12/h8-9H,4-6,12H2,1-3H3. The Balaban J connectivity index is 2.02. The summed E-state index contributed by atoms with van der Waals surface area (Å²) in [5.74, 6) is 0.871. The van der Waals surface area contributed by atoms with Crippen LogP contribution in [-0.4, -0.2) is 20.6 Å². The third-order valence-electron chi connectivity index (χ3n) is 3.15.